The van der Waals surface area contributed by atoms with Gasteiger partial charge in [-0.25, -0.2) is 9.97 Å². The van der Waals surface area contributed by atoms with Gasteiger partial charge in [-0.3, -0.25) is 4.79 Å². The molecule has 1 fully saturated rings. The van der Waals surface area contributed by atoms with Crippen LogP contribution < -0.4 is 10.2 Å². The minimum atomic E-state index is -0.132. The smallest absolute Gasteiger partial charge is 0.255 e. The molecule has 5 nitrogen and oxygen atoms in total. The van der Waals surface area contributed by atoms with E-state index < -0.39 is 0 Å². The lowest BCUT2D eigenvalue weighted by Crippen LogP contribution is -2.34. The fraction of sp³-hybridized carbons (Fsp3) is 0.450. The third-order valence-electron chi connectivity index (χ3n) is 4.92. The van der Waals surface area contributed by atoms with Gasteiger partial charge in [0, 0.05) is 19.3 Å². The summed E-state index contributed by atoms with van der Waals surface area (Å²) in [6, 6.07) is 9.87. The van der Waals surface area contributed by atoms with Crippen molar-refractivity contribution in [3.05, 3.63) is 53.3 Å². The van der Waals surface area contributed by atoms with Gasteiger partial charge in [0.2, 0.25) is 5.95 Å². The van der Waals surface area contributed by atoms with Crippen LogP contribution in [0.1, 0.15) is 54.3 Å². The Hall–Kier alpha value is -2.43. The topological polar surface area (TPSA) is 58.1 Å². The molecule has 2 aromatic rings. The van der Waals surface area contributed by atoms with Crippen molar-refractivity contribution < 1.29 is 4.79 Å². The average Bonchev–Trinajstić information content (AvgIpc) is 2.62. The zero-order valence-electron chi connectivity index (χ0n) is 15.2. The minimum absolute atomic E-state index is 0.0589. The van der Waals surface area contributed by atoms with E-state index in [2.05, 4.69) is 27.1 Å². The van der Waals surface area contributed by atoms with Gasteiger partial charge in [0.15, 0.2) is 0 Å². The van der Waals surface area contributed by atoms with Crippen molar-refractivity contribution in [2.24, 2.45) is 5.92 Å². The van der Waals surface area contributed by atoms with Crippen molar-refractivity contribution >= 4 is 11.9 Å². The van der Waals surface area contributed by atoms with Gasteiger partial charge < -0.3 is 10.2 Å². The van der Waals surface area contributed by atoms with Crippen LogP contribution in [0.3, 0.4) is 0 Å². The van der Waals surface area contributed by atoms with Gasteiger partial charge in [-0.15, -0.1) is 0 Å². The van der Waals surface area contributed by atoms with Gasteiger partial charge in [0.05, 0.1) is 17.3 Å². The van der Waals surface area contributed by atoms with Crippen molar-refractivity contribution in [2.75, 3.05) is 18.0 Å². The number of hydrogen-bond donors (Lipinski definition) is 1. The molecule has 1 aliphatic rings. The molecule has 1 N–H and O–H groups in total. The second-order valence-electron chi connectivity index (χ2n) is 6.94. The van der Waals surface area contributed by atoms with E-state index in [1.807, 2.05) is 44.2 Å². The second-order valence-corrected chi connectivity index (χ2v) is 6.94. The number of carbonyl (C=O) groups excluding carboxylic acids is 1. The lowest BCUT2D eigenvalue weighted by Gasteiger charge is -2.30. The number of amides is 1. The first-order valence-electron chi connectivity index (χ1n) is 8.99. The molecule has 0 bridgehead atoms. The highest BCUT2D eigenvalue weighted by Gasteiger charge is 2.20. The summed E-state index contributed by atoms with van der Waals surface area (Å²) in [4.78, 5) is 23.8. The van der Waals surface area contributed by atoms with Crippen LogP contribution in [0, 0.1) is 12.8 Å². The van der Waals surface area contributed by atoms with Gasteiger partial charge in [-0.2, -0.15) is 0 Å². The third kappa shape index (κ3) is 4.16. The Morgan fingerprint density at radius 1 is 1.24 bits per heavy atom. The lowest BCUT2D eigenvalue weighted by atomic mass is 10.00. The van der Waals surface area contributed by atoms with Crippen LogP contribution in [-0.2, 0) is 0 Å². The average molecular weight is 338 g/mol. The van der Waals surface area contributed by atoms with Crippen molar-refractivity contribution in [1.82, 2.24) is 15.3 Å². The van der Waals surface area contributed by atoms with E-state index in [-0.39, 0.29) is 11.9 Å². The highest BCUT2D eigenvalue weighted by molar-refractivity contribution is 5.95. The number of carbonyl (C=O) groups is 1. The van der Waals surface area contributed by atoms with Crippen LogP contribution in [-0.4, -0.2) is 29.0 Å². The number of aromatic nitrogens is 2. The maximum atomic E-state index is 12.6. The van der Waals surface area contributed by atoms with Crippen LogP contribution in [0.25, 0.3) is 0 Å². The number of hydrogen-bond acceptors (Lipinski definition) is 4. The fourth-order valence-electron chi connectivity index (χ4n) is 3.14. The quantitative estimate of drug-likeness (QED) is 0.927. The molecule has 1 amide bonds. The largest absolute Gasteiger partial charge is 0.345 e. The molecule has 3 rings (SSSR count). The first-order valence-corrected chi connectivity index (χ1v) is 8.99. The lowest BCUT2D eigenvalue weighted by molar-refractivity contribution is 0.0938. The predicted octanol–water partition coefficient (Wildman–Crippen LogP) is 3.51. The molecule has 1 atom stereocenters. The summed E-state index contributed by atoms with van der Waals surface area (Å²) in [5.41, 5.74) is 2.34. The number of benzene rings is 1. The van der Waals surface area contributed by atoms with E-state index in [4.69, 9.17) is 0 Å². The molecule has 0 radical (unpaired) electrons. The third-order valence-corrected chi connectivity index (χ3v) is 4.92. The van der Waals surface area contributed by atoms with Crippen LogP contribution in [0.5, 0.6) is 0 Å². The first kappa shape index (κ1) is 17.4. The first-order chi connectivity index (χ1) is 12.0. The summed E-state index contributed by atoms with van der Waals surface area (Å²) in [7, 11) is 0. The summed E-state index contributed by atoms with van der Waals surface area (Å²) in [5, 5.41) is 3.03. The summed E-state index contributed by atoms with van der Waals surface area (Å²) < 4.78 is 0. The van der Waals surface area contributed by atoms with E-state index in [0.29, 0.717) is 5.56 Å². The number of rotatable bonds is 4. The van der Waals surface area contributed by atoms with E-state index in [1.165, 1.54) is 12.8 Å². The molecule has 132 valence electrons. The zero-order chi connectivity index (χ0) is 17.8. The molecule has 5 heteroatoms. The SMILES string of the molecule is Cc1nc(N2CCC(C)CC2)ncc1C(=O)NC(C)c1ccccc1. The Morgan fingerprint density at radius 3 is 2.56 bits per heavy atom. The number of piperidine rings is 1. The van der Waals surface area contributed by atoms with Gasteiger partial charge in [-0.1, -0.05) is 37.3 Å². The highest BCUT2D eigenvalue weighted by Crippen LogP contribution is 2.21. The molecule has 1 saturated heterocycles. The fourth-order valence-corrected chi connectivity index (χ4v) is 3.14. The van der Waals surface area contributed by atoms with Gasteiger partial charge in [0.25, 0.3) is 5.91 Å². The van der Waals surface area contributed by atoms with E-state index in [1.54, 1.807) is 6.20 Å². The Balaban J connectivity index is 1.69. The summed E-state index contributed by atoms with van der Waals surface area (Å²) >= 11 is 0. The maximum absolute atomic E-state index is 12.6. The van der Waals surface area contributed by atoms with Crippen LogP contribution in [0.2, 0.25) is 0 Å². The zero-order valence-corrected chi connectivity index (χ0v) is 15.2. The molecule has 2 heterocycles. The van der Waals surface area contributed by atoms with E-state index in [0.717, 1.165) is 36.2 Å². The number of nitrogens with one attached hydrogen (secondary N) is 1. The molecule has 25 heavy (non-hydrogen) atoms. The molecule has 0 spiro atoms. The number of nitrogens with zero attached hydrogens (tertiary/aromatic N) is 3. The van der Waals surface area contributed by atoms with Gasteiger partial charge in [0.1, 0.15) is 0 Å². The Labute approximate surface area is 149 Å². The molecule has 1 aliphatic heterocycles. The van der Waals surface area contributed by atoms with E-state index in [9.17, 15) is 4.79 Å². The highest BCUT2D eigenvalue weighted by atomic mass is 16.1. The summed E-state index contributed by atoms with van der Waals surface area (Å²) in [6.45, 7) is 8.10. The van der Waals surface area contributed by atoms with Crippen molar-refractivity contribution in [2.45, 2.75) is 39.7 Å². The van der Waals surface area contributed by atoms with Crippen molar-refractivity contribution in [3.63, 3.8) is 0 Å². The second kappa shape index (κ2) is 7.64. The minimum Gasteiger partial charge on any atom is -0.345 e. The molecule has 1 aromatic carbocycles. The normalized spacial score (nSPS) is 16.5. The molecule has 1 aromatic heterocycles. The van der Waals surface area contributed by atoms with Crippen molar-refractivity contribution in [3.8, 4) is 0 Å². The summed E-state index contributed by atoms with van der Waals surface area (Å²) in [5.74, 6) is 1.37. The maximum Gasteiger partial charge on any atom is 0.255 e. The van der Waals surface area contributed by atoms with Gasteiger partial charge in [-0.05, 0) is 38.2 Å². The van der Waals surface area contributed by atoms with Crippen LogP contribution >= 0.6 is 0 Å². The molecule has 0 saturated carbocycles. The standard InChI is InChI=1S/C20H26N4O/c1-14-9-11-24(12-10-14)20-21-13-18(16(3)23-20)19(25)22-15(2)17-7-5-4-6-8-17/h4-8,13-15H,9-12H2,1-3H3,(H,22,25). The molecule has 1 unspecified atom stereocenters. The summed E-state index contributed by atoms with van der Waals surface area (Å²) in [6.07, 6.45) is 3.99. The van der Waals surface area contributed by atoms with E-state index >= 15 is 0 Å². The molecule has 0 aliphatic carbocycles. The monoisotopic (exact) mass is 338 g/mol. The van der Waals surface area contributed by atoms with Crippen LogP contribution in [0.15, 0.2) is 36.5 Å². The Kier molecular flexibility index (Phi) is 5.31. The Morgan fingerprint density at radius 2 is 1.92 bits per heavy atom. The molecular weight excluding hydrogens is 312 g/mol. The van der Waals surface area contributed by atoms with Crippen LogP contribution in [0.4, 0.5) is 5.95 Å². The number of anilines is 1. The Bertz CT molecular complexity index is 724. The molecular formula is C20H26N4O. The number of aryl methyl sites for hydroxylation is 1. The predicted molar refractivity (Wildman–Crippen MR) is 99.7 cm³/mol. The van der Waals surface area contributed by atoms with Crippen molar-refractivity contribution in [1.29, 1.82) is 0 Å². The van der Waals surface area contributed by atoms with Gasteiger partial charge >= 0.3 is 0 Å².